The van der Waals surface area contributed by atoms with E-state index in [1.54, 1.807) is 24.5 Å². The number of aromatic hydroxyl groups is 1. The molecular weight excluding hydrogens is 392 g/mol. The number of hydrogen-bond donors (Lipinski definition) is 2. The lowest BCUT2D eigenvalue weighted by atomic mass is 10.1. The molecule has 0 amide bonds. The summed E-state index contributed by atoms with van der Waals surface area (Å²) in [7, 11) is 0. The Hall–Kier alpha value is -3.49. The van der Waals surface area contributed by atoms with Crippen LogP contribution in [0.15, 0.2) is 61.2 Å². The van der Waals surface area contributed by atoms with Crippen LogP contribution in [0.3, 0.4) is 0 Å². The van der Waals surface area contributed by atoms with Crippen LogP contribution in [0.5, 0.6) is 5.75 Å². The zero-order valence-electron chi connectivity index (χ0n) is 17.1. The van der Waals surface area contributed by atoms with Crippen molar-refractivity contribution in [3.8, 4) is 28.3 Å². The van der Waals surface area contributed by atoms with E-state index < -0.39 is 0 Å². The summed E-state index contributed by atoms with van der Waals surface area (Å²) in [5.41, 5.74) is 4.26. The van der Waals surface area contributed by atoms with Gasteiger partial charge in [0.05, 0.1) is 37.0 Å². The second kappa shape index (κ2) is 8.71. The van der Waals surface area contributed by atoms with Crippen molar-refractivity contribution in [3.63, 3.8) is 0 Å². The first-order valence-corrected chi connectivity index (χ1v) is 10.4. The Morgan fingerprint density at radius 1 is 0.968 bits per heavy atom. The highest BCUT2D eigenvalue weighted by atomic mass is 16.5. The number of nitrogens with zero attached hydrogens (tertiary/aromatic N) is 5. The Bertz CT molecular complexity index is 1170. The minimum Gasteiger partial charge on any atom is -0.508 e. The van der Waals surface area contributed by atoms with E-state index in [0.29, 0.717) is 0 Å². The number of ether oxygens (including phenoxy) is 1. The number of anilines is 1. The summed E-state index contributed by atoms with van der Waals surface area (Å²) < 4.78 is 7.36. The van der Waals surface area contributed by atoms with E-state index >= 15 is 0 Å². The van der Waals surface area contributed by atoms with Gasteiger partial charge in [-0.05, 0) is 24.3 Å². The molecule has 1 aromatic carbocycles. The minimum absolute atomic E-state index is 0.225. The largest absolute Gasteiger partial charge is 0.508 e. The molecule has 0 spiro atoms. The molecule has 4 heterocycles. The first-order chi connectivity index (χ1) is 15.3. The Morgan fingerprint density at radius 2 is 1.87 bits per heavy atom. The molecule has 1 aliphatic rings. The van der Waals surface area contributed by atoms with Crippen molar-refractivity contribution in [2.24, 2.45) is 0 Å². The Labute approximate surface area is 180 Å². The lowest BCUT2D eigenvalue weighted by Crippen LogP contribution is -2.39. The zero-order valence-corrected chi connectivity index (χ0v) is 17.1. The van der Waals surface area contributed by atoms with Gasteiger partial charge in [-0.15, -0.1) is 0 Å². The standard InChI is InChI=1S/C23H24N6O2/c30-19-3-1-2-17(12-19)21-14-27-23-15-25-20(16-29(21)23)18-4-5-22(26-13-18)24-6-7-28-8-10-31-11-9-28/h1-5,12-16,30H,6-11H2,(H,24,26). The van der Waals surface area contributed by atoms with Gasteiger partial charge >= 0.3 is 0 Å². The molecule has 31 heavy (non-hydrogen) atoms. The summed E-state index contributed by atoms with van der Waals surface area (Å²) in [6.45, 7) is 5.42. The van der Waals surface area contributed by atoms with Crippen molar-refractivity contribution in [1.82, 2.24) is 24.3 Å². The predicted octanol–water partition coefficient (Wildman–Crippen LogP) is 2.91. The highest BCUT2D eigenvalue weighted by molar-refractivity contribution is 5.67. The van der Waals surface area contributed by atoms with Crippen LogP contribution in [0.4, 0.5) is 5.82 Å². The van der Waals surface area contributed by atoms with Gasteiger partial charge in [0.2, 0.25) is 0 Å². The van der Waals surface area contributed by atoms with Gasteiger partial charge in [0, 0.05) is 49.7 Å². The molecule has 2 N–H and O–H groups in total. The molecule has 0 bridgehead atoms. The number of rotatable bonds is 6. The number of fused-ring (bicyclic) bond motifs is 1. The molecule has 158 valence electrons. The third kappa shape index (κ3) is 4.35. The van der Waals surface area contributed by atoms with Crippen molar-refractivity contribution in [3.05, 3.63) is 61.2 Å². The normalized spacial score (nSPS) is 14.7. The van der Waals surface area contributed by atoms with Crippen molar-refractivity contribution in [1.29, 1.82) is 0 Å². The third-order valence-electron chi connectivity index (χ3n) is 5.43. The van der Waals surface area contributed by atoms with Gasteiger partial charge in [0.15, 0.2) is 5.65 Å². The molecule has 8 heteroatoms. The minimum atomic E-state index is 0.225. The van der Waals surface area contributed by atoms with E-state index in [1.807, 2.05) is 41.1 Å². The van der Waals surface area contributed by atoms with Crippen LogP contribution < -0.4 is 5.32 Å². The molecule has 3 aromatic heterocycles. The van der Waals surface area contributed by atoms with Crippen LogP contribution in [0.2, 0.25) is 0 Å². The molecule has 1 fully saturated rings. The lowest BCUT2D eigenvalue weighted by Gasteiger charge is -2.26. The van der Waals surface area contributed by atoms with Crippen LogP contribution in [0.1, 0.15) is 0 Å². The maximum atomic E-state index is 9.81. The molecule has 0 saturated carbocycles. The van der Waals surface area contributed by atoms with Gasteiger partial charge in [0.25, 0.3) is 0 Å². The van der Waals surface area contributed by atoms with E-state index in [0.717, 1.165) is 73.4 Å². The number of phenolic OH excluding ortho intramolecular Hbond substituents is 1. The maximum absolute atomic E-state index is 9.81. The van der Waals surface area contributed by atoms with Crippen LogP contribution in [-0.2, 0) is 4.74 Å². The Kier molecular flexibility index (Phi) is 5.47. The predicted molar refractivity (Wildman–Crippen MR) is 119 cm³/mol. The van der Waals surface area contributed by atoms with Crippen molar-refractivity contribution in [2.75, 3.05) is 44.7 Å². The van der Waals surface area contributed by atoms with Gasteiger partial charge < -0.3 is 15.2 Å². The van der Waals surface area contributed by atoms with Gasteiger partial charge in [-0.2, -0.15) is 0 Å². The average Bonchev–Trinajstić information content (AvgIpc) is 3.24. The van der Waals surface area contributed by atoms with E-state index in [9.17, 15) is 5.11 Å². The fraction of sp³-hybridized carbons (Fsp3) is 0.261. The summed E-state index contributed by atoms with van der Waals surface area (Å²) in [4.78, 5) is 15.9. The van der Waals surface area contributed by atoms with Crippen LogP contribution in [0, 0.1) is 0 Å². The fourth-order valence-electron chi connectivity index (χ4n) is 3.73. The number of hydrogen-bond acceptors (Lipinski definition) is 7. The average molecular weight is 416 g/mol. The van der Waals surface area contributed by atoms with Gasteiger partial charge in [-0.1, -0.05) is 12.1 Å². The third-order valence-corrected chi connectivity index (χ3v) is 5.43. The summed E-state index contributed by atoms with van der Waals surface area (Å²) in [5, 5.41) is 13.2. The van der Waals surface area contributed by atoms with E-state index in [4.69, 9.17) is 4.74 Å². The van der Waals surface area contributed by atoms with Crippen LogP contribution in [-0.4, -0.2) is 68.8 Å². The number of imidazole rings is 1. The summed E-state index contributed by atoms with van der Waals surface area (Å²) >= 11 is 0. The molecule has 8 nitrogen and oxygen atoms in total. The molecular formula is C23H24N6O2. The summed E-state index contributed by atoms with van der Waals surface area (Å²) in [6, 6.07) is 11.1. The SMILES string of the molecule is Oc1cccc(-c2cnc3cnc(-c4ccc(NCCN5CCOCC5)nc4)cn23)c1. The highest BCUT2D eigenvalue weighted by Crippen LogP contribution is 2.26. The molecule has 0 radical (unpaired) electrons. The number of pyridine rings is 1. The van der Waals surface area contributed by atoms with Gasteiger partial charge in [-0.3, -0.25) is 14.3 Å². The van der Waals surface area contributed by atoms with Crippen molar-refractivity contribution in [2.45, 2.75) is 0 Å². The van der Waals surface area contributed by atoms with E-state index in [2.05, 4.69) is 25.2 Å². The van der Waals surface area contributed by atoms with Gasteiger partial charge in [-0.25, -0.2) is 9.97 Å². The number of morpholine rings is 1. The number of phenols is 1. The second-order valence-corrected chi connectivity index (χ2v) is 7.51. The number of benzene rings is 1. The summed E-state index contributed by atoms with van der Waals surface area (Å²) in [5.74, 6) is 1.07. The Balaban J connectivity index is 1.31. The lowest BCUT2D eigenvalue weighted by molar-refractivity contribution is 0.0398. The molecule has 1 aliphatic heterocycles. The number of nitrogens with one attached hydrogen (secondary N) is 1. The quantitative estimate of drug-likeness (QED) is 0.500. The topological polar surface area (TPSA) is 87.8 Å². The molecule has 0 atom stereocenters. The number of aromatic nitrogens is 4. The highest BCUT2D eigenvalue weighted by Gasteiger charge is 2.11. The summed E-state index contributed by atoms with van der Waals surface area (Å²) in [6.07, 6.45) is 7.31. The smallest absolute Gasteiger partial charge is 0.155 e. The first-order valence-electron chi connectivity index (χ1n) is 10.4. The monoisotopic (exact) mass is 416 g/mol. The van der Waals surface area contributed by atoms with E-state index in [-0.39, 0.29) is 5.75 Å². The zero-order chi connectivity index (χ0) is 21.0. The van der Waals surface area contributed by atoms with Crippen LogP contribution >= 0.6 is 0 Å². The molecule has 4 aromatic rings. The fourth-order valence-corrected chi connectivity index (χ4v) is 3.73. The van der Waals surface area contributed by atoms with Crippen molar-refractivity contribution >= 4 is 11.5 Å². The van der Waals surface area contributed by atoms with Crippen LogP contribution in [0.25, 0.3) is 28.2 Å². The second-order valence-electron chi connectivity index (χ2n) is 7.51. The molecule has 0 aliphatic carbocycles. The van der Waals surface area contributed by atoms with Gasteiger partial charge in [0.1, 0.15) is 11.6 Å². The first kappa shape index (κ1) is 19.5. The molecule has 0 unspecified atom stereocenters. The molecule has 5 rings (SSSR count). The Morgan fingerprint density at radius 3 is 2.68 bits per heavy atom. The maximum Gasteiger partial charge on any atom is 0.155 e. The molecule has 1 saturated heterocycles. The van der Waals surface area contributed by atoms with Crippen molar-refractivity contribution < 1.29 is 9.84 Å². The van der Waals surface area contributed by atoms with E-state index in [1.165, 1.54) is 0 Å².